The van der Waals surface area contributed by atoms with Crippen LogP contribution >= 0.6 is 0 Å². The van der Waals surface area contributed by atoms with Crippen molar-refractivity contribution in [3.8, 4) is 5.75 Å². The second-order valence-corrected chi connectivity index (χ2v) is 6.46. The molecular formula is C13H19N3O4S. The van der Waals surface area contributed by atoms with Gasteiger partial charge in [-0.2, -0.15) is 4.31 Å². The highest BCUT2D eigenvalue weighted by Crippen LogP contribution is 2.27. The van der Waals surface area contributed by atoms with Crippen molar-refractivity contribution in [1.82, 2.24) is 14.9 Å². The van der Waals surface area contributed by atoms with Gasteiger partial charge in [0.05, 0.1) is 7.11 Å². The number of benzene rings is 1. The molecule has 1 fully saturated rings. The van der Waals surface area contributed by atoms with Gasteiger partial charge < -0.3 is 15.4 Å². The fourth-order valence-electron chi connectivity index (χ4n) is 2.32. The molecule has 1 heterocycles. The van der Waals surface area contributed by atoms with Gasteiger partial charge in [0.2, 0.25) is 15.9 Å². The molecular weight excluding hydrogens is 294 g/mol. The standard InChI is InChI=1S/C13H19N3O4S/c1-14-13(17)10-9-15-7-8-16(10)21(18,19)12-6-4-3-5-11(12)20-2/h3-6,10,15H,7-9H2,1-2H3,(H,14,17). The van der Waals surface area contributed by atoms with Crippen LogP contribution in [0.15, 0.2) is 29.2 Å². The van der Waals surface area contributed by atoms with Gasteiger partial charge in [0.25, 0.3) is 0 Å². The second kappa shape index (κ2) is 6.42. The lowest BCUT2D eigenvalue weighted by molar-refractivity contribution is -0.124. The summed E-state index contributed by atoms with van der Waals surface area (Å²) in [7, 11) is -0.892. The van der Waals surface area contributed by atoms with Gasteiger partial charge in [0.15, 0.2) is 0 Å². The van der Waals surface area contributed by atoms with Gasteiger partial charge in [-0.1, -0.05) is 12.1 Å². The molecule has 116 valence electrons. The van der Waals surface area contributed by atoms with Crippen molar-refractivity contribution in [2.45, 2.75) is 10.9 Å². The van der Waals surface area contributed by atoms with E-state index in [1.54, 1.807) is 18.2 Å². The highest BCUT2D eigenvalue weighted by Gasteiger charge is 2.38. The number of ether oxygens (including phenoxy) is 1. The largest absolute Gasteiger partial charge is 0.495 e. The molecule has 1 atom stereocenters. The number of carbonyl (C=O) groups is 1. The summed E-state index contributed by atoms with van der Waals surface area (Å²) in [5.41, 5.74) is 0. The van der Waals surface area contributed by atoms with Crippen molar-refractivity contribution >= 4 is 15.9 Å². The van der Waals surface area contributed by atoms with Crippen molar-refractivity contribution < 1.29 is 17.9 Å². The minimum Gasteiger partial charge on any atom is -0.495 e. The minimum atomic E-state index is -3.80. The first-order valence-corrected chi connectivity index (χ1v) is 8.03. The molecule has 2 N–H and O–H groups in total. The Kier molecular flexibility index (Phi) is 4.81. The van der Waals surface area contributed by atoms with Crippen LogP contribution in [0.5, 0.6) is 5.75 Å². The van der Waals surface area contributed by atoms with Gasteiger partial charge in [-0.05, 0) is 12.1 Å². The Morgan fingerprint density at radius 1 is 1.43 bits per heavy atom. The number of sulfonamides is 1. The molecule has 1 aromatic carbocycles. The number of nitrogens with one attached hydrogen (secondary N) is 2. The van der Waals surface area contributed by atoms with E-state index in [2.05, 4.69) is 10.6 Å². The Hall–Kier alpha value is -1.64. The van der Waals surface area contributed by atoms with Crippen LogP contribution in [0.4, 0.5) is 0 Å². The monoisotopic (exact) mass is 313 g/mol. The van der Waals surface area contributed by atoms with E-state index in [1.807, 2.05) is 0 Å². The molecule has 7 nitrogen and oxygen atoms in total. The Bertz CT molecular complexity index is 618. The molecule has 1 saturated heterocycles. The van der Waals surface area contributed by atoms with Gasteiger partial charge in [-0.25, -0.2) is 8.42 Å². The average Bonchev–Trinajstić information content (AvgIpc) is 2.54. The fraction of sp³-hybridized carbons (Fsp3) is 0.462. The Morgan fingerprint density at radius 2 is 2.14 bits per heavy atom. The first-order valence-electron chi connectivity index (χ1n) is 6.59. The maximum absolute atomic E-state index is 12.8. The Labute approximate surface area is 124 Å². The summed E-state index contributed by atoms with van der Waals surface area (Å²) in [6.07, 6.45) is 0. The number of rotatable bonds is 4. The van der Waals surface area contributed by atoms with E-state index in [-0.39, 0.29) is 29.6 Å². The van der Waals surface area contributed by atoms with Crippen molar-refractivity contribution in [1.29, 1.82) is 0 Å². The number of piperazine rings is 1. The zero-order valence-corrected chi connectivity index (χ0v) is 12.8. The molecule has 0 radical (unpaired) electrons. The highest BCUT2D eigenvalue weighted by molar-refractivity contribution is 7.89. The van der Waals surface area contributed by atoms with Crippen molar-refractivity contribution in [3.05, 3.63) is 24.3 Å². The first-order chi connectivity index (χ1) is 10.0. The maximum atomic E-state index is 12.8. The van der Waals surface area contributed by atoms with E-state index in [9.17, 15) is 13.2 Å². The van der Waals surface area contributed by atoms with Crippen LogP contribution in [0.3, 0.4) is 0 Å². The molecule has 1 aromatic rings. The number of hydrogen-bond donors (Lipinski definition) is 2. The molecule has 1 unspecified atom stereocenters. The van der Waals surface area contributed by atoms with E-state index >= 15 is 0 Å². The number of para-hydroxylation sites is 1. The average molecular weight is 313 g/mol. The van der Waals surface area contributed by atoms with Crippen LogP contribution in [0.25, 0.3) is 0 Å². The summed E-state index contributed by atoms with van der Waals surface area (Å²) >= 11 is 0. The third kappa shape index (κ3) is 3.02. The topological polar surface area (TPSA) is 87.7 Å². The Morgan fingerprint density at radius 3 is 2.81 bits per heavy atom. The predicted octanol–water partition coefficient (Wildman–Crippen LogP) is -0.596. The van der Waals surface area contributed by atoms with Crippen molar-refractivity contribution in [2.75, 3.05) is 33.8 Å². The normalized spacial score (nSPS) is 20.0. The van der Waals surface area contributed by atoms with Crippen LogP contribution in [-0.2, 0) is 14.8 Å². The third-order valence-electron chi connectivity index (χ3n) is 3.40. The van der Waals surface area contributed by atoms with E-state index < -0.39 is 16.1 Å². The number of likely N-dealkylation sites (N-methyl/N-ethyl adjacent to an activating group) is 1. The summed E-state index contributed by atoms with van der Waals surface area (Å²) in [5.74, 6) is -0.0626. The lowest BCUT2D eigenvalue weighted by Crippen LogP contribution is -2.59. The van der Waals surface area contributed by atoms with Crippen LogP contribution in [-0.4, -0.2) is 58.5 Å². The summed E-state index contributed by atoms with van der Waals surface area (Å²) in [5, 5.41) is 5.53. The highest BCUT2D eigenvalue weighted by atomic mass is 32.2. The minimum absolute atomic E-state index is 0.0725. The van der Waals surface area contributed by atoms with Gasteiger partial charge >= 0.3 is 0 Å². The van der Waals surface area contributed by atoms with E-state index in [4.69, 9.17) is 4.74 Å². The molecule has 0 aliphatic carbocycles. The lowest BCUT2D eigenvalue weighted by Gasteiger charge is -2.34. The van der Waals surface area contributed by atoms with E-state index in [0.717, 1.165) is 0 Å². The lowest BCUT2D eigenvalue weighted by atomic mass is 10.2. The van der Waals surface area contributed by atoms with E-state index in [0.29, 0.717) is 6.54 Å². The second-order valence-electron chi connectivity index (χ2n) is 4.60. The zero-order valence-electron chi connectivity index (χ0n) is 12.0. The van der Waals surface area contributed by atoms with Gasteiger partial charge in [-0.15, -0.1) is 0 Å². The Balaban J connectivity index is 2.43. The molecule has 0 bridgehead atoms. The van der Waals surface area contributed by atoms with Crippen molar-refractivity contribution in [2.24, 2.45) is 0 Å². The van der Waals surface area contributed by atoms with E-state index in [1.165, 1.54) is 24.5 Å². The summed E-state index contributed by atoms with van der Waals surface area (Å²) in [6, 6.07) is 5.64. The summed E-state index contributed by atoms with van der Waals surface area (Å²) < 4.78 is 32.0. The zero-order chi connectivity index (χ0) is 15.5. The fourth-order valence-corrected chi connectivity index (χ4v) is 4.07. The van der Waals surface area contributed by atoms with Gasteiger partial charge in [-0.3, -0.25) is 4.79 Å². The molecule has 1 aliphatic heterocycles. The van der Waals surface area contributed by atoms with Crippen LogP contribution < -0.4 is 15.4 Å². The molecule has 0 saturated carbocycles. The number of amides is 1. The SMILES string of the molecule is CNC(=O)C1CNCCN1S(=O)(=O)c1ccccc1OC. The molecule has 21 heavy (non-hydrogen) atoms. The number of carbonyl (C=O) groups excluding carboxylic acids is 1. The summed E-state index contributed by atoms with van der Waals surface area (Å²) in [4.78, 5) is 12.0. The van der Waals surface area contributed by atoms with Crippen LogP contribution in [0.1, 0.15) is 0 Å². The van der Waals surface area contributed by atoms with Crippen molar-refractivity contribution in [3.63, 3.8) is 0 Å². The molecule has 0 spiro atoms. The number of hydrogen-bond acceptors (Lipinski definition) is 5. The molecule has 1 aliphatic rings. The quantitative estimate of drug-likeness (QED) is 0.775. The van der Waals surface area contributed by atoms with Gasteiger partial charge in [0.1, 0.15) is 16.7 Å². The van der Waals surface area contributed by atoms with Crippen LogP contribution in [0.2, 0.25) is 0 Å². The molecule has 2 rings (SSSR count). The van der Waals surface area contributed by atoms with Gasteiger partial charge in [0, 0.05) is 26.7 Å². The van der Waals surface area contributed by atoms with Crippen LogP contribution in [0, 0.1) is 0 Å². The number of methoxy groups -OCH3 is 1. The molecule has 0 aromatic heterocycles. The summed E-state index contributed by atoms with van der Waals surface area (Å²) in [6.45, 7) is 1.02. The predicted molar refractivity (Wildman–Crippen MR) is 77.6 cm³/mol. The molecule has 1 amide bonds. The maximum Gasteiger partial charge on any atom is 0.247 e. The smallest absolute Gasteiger partial charge is 0.247 e. The first kappa shape index (κ1) is 15.7. The third-order valence-corrected chi connectivity index (χ3v) is 5.35. The molecule has 8 heteroatoms. The number of nitrogens with zero attached hydrogens (tertiary/aromatic N) is 1.